The zero-order valence-corrected chi connectivity index (χ0v) is 14.7. The molecule has 1 aromatic rings. The topological polar surface area (TPSA) is 92.4 Å². The summed E-state index contributed by atoms with van der Waals surface area (Å²) < 4.78 is 26.2. The van der Waals surface area contributed by atoms with Crippen molar-refractivity contribution >= 4 is 39.2 Å². The fourth-order valence-electron chi connectivity index (χ4n) is 1.57. The Morgan fingerprint density at radius 3 is 2.76 bits per heavy atom. The van der Waals surface area contributed by atoms with E-state index in [1.54, 1.807) is 13.0 Å². The molecular weight excluding hydrogens is 328 g/mol. The molecule has 0 radical (unpaired) electrons. The van der Waals surface area contributed by atoms with Crippen LogP contribution in [-0.2, 0) is 10.0 Å². The Kier molecular flexibility index (Phi) is 7.35. The summed E-state index contributed by atoms with van der Waals surface area (Å²) in [5, 5.41) is 9.94. The number of nitrogens with two attached hydrogens (primary N) is 1. The van der Waals surface area contributed by atoms with E-state index < -0.39 is 15.6 Å². The van der Waals surface area contributed by atoms with Gasteiger partial charge in [0.2, 0.25) is 10.0 Å². The van der Waals surface area contributed by atoms with Gasteiger partial charge in [-0.1, -0.05) is 6.07 Å². The van der Waals surface area contributed by atoms with Crippen LogP contribution in [0.2, 0.25) is 0 Å². The number of nitrogens with one attached hydrogen (secondary N) is 1. The third-order valence-electron chi connectivity index (χ3n) is 2.61. The van der Waals surface area contributed by atoms with Crippen LogP contribution >= 0.6 is 23.5 Å². The average Bonchev–Trinajstić information content (AvgIpc) is 2.37. The molecule has 0 saturated heterocycles. The summed E-state index contributed by atoms with van der Waals surface area (Å²) in [5.74, 6) is 0.916. The van der Waals surface area contributed by atoms with Crippen molar-refractivity contribution in [1.82, 2.24) is 4.72 Å². The van der Waals surface area contributed by atoms with E-state index in [-0.39, 0.29) is 12.3 Å². The van der Waals surface area contributed by atoms with Crippen LogP contribution in [0.5, 0.6) is 0 Å². The summed E-state index contributed by atoms with van der Waals surface area (Å²) in [6.45, 7) is 1.65. The van der Waals surface area contributed by atoms with Crippen molar-refractivity contribution in [2.45, 2.75) is 17.4 Å². The zero-order valence-electron chi connectivity index (χ0n) is 12.2. The normalized spacial score (nSPS) is 14.8. The van der Waals surface area contributed by atoms with Gasteiger partial charge in [0, 0.05) is 28.6 Å². The highest BCUT2D eigenvalue weighted by Gasteiger charge is 2.22. The SMILES string of the molecule is CSCC(C)(O)CNS(=O)(=O)CCSc1cccc(N)c1. The van der Waals surface area contributed by atoms with E-state index in [4.69, 9.17) is 5.73 Å². The lowest BCUT2D eigenvalue weighted by atomic mass is 10.1. The van der Waals surface area contributed by atoms with Crippen molar-refractivity contribution in [3.8, 4) is 0 Å². The minimum Gasteiger partial charge on any atom is -0.399 e. The zero-order chi connectivity index (χ0) is 15.9. The van der Waals surface area contributed by atoms with Gasteiger partial charge >= 0.3 is 0 Å². The minimum atomic E-state index is -3.38. The molecule has 0 heterocycles. The Labute approximate surface area is 135 Å². The number of nitrogen functional groups attached to an aromatic ring is 1. The van der Waals surface area contributed by atoms with Crippen molar-refractivity contribution < 1.29 is 13.5 Å². The molecule has 1 rings (SSSR count). The summed E-state index contributed by atoms with van der Waals surface area (Å²) in [6, 6.07) is 7.33. The van der Waals surface area contributed by atoms with E-state index in [1.165, 1.54) is 23.5 Å². The Morgan fingerprint density at radius 1 is 1.43 bits per heavy atom. The van der Waals surface area contributed by atoms with Gasteiger partial charge in [0.1, 0.15) is 0 Å². The molecule has 1 unspecified atom stereocenters. The fourth-order valence-corrected chi connectivity index (χ4v) is 4.81. The summed E-state index contributed by atoms with van der Waals surface area (Å²) in [7, 11) is -3.38. The molecule has 0 spiro atoms. The molecule has 0 aromatic heterocycles. The molecule has 21 heavy (non-hydrogen) atoms. The molecule has 120 valence electrons. The largest absolute Gasteiger partial charge is 0.399 e. The Bertz CT molecular complexity index is 547. The van der Waals surface area contributed by atoms with Gasteiger partial charge < -0.3 is 10.8 Å². The Balaban J connectivity index is 2.39. The van der Waals surface area contributed by atoms with Gasteiger partial charge in [0.05, 0.1) is 11.4 Å². The minimum absolute atomic E-state index is 0.00180. The van der Waals surface area contributed by atoms with E-state index in [0.717, 1.165) is 4.90 Å². The number of rotatable bonds is 9. The Morgan fingerprint density at radius 2 is 2.14 bits per heavy atom. The van der Waals surface area contributed by atoms with Gasteiger partial charge in [-0.2, -0.15) is 11.8 Å². The molecule has 5 nitrogen and oxygen atoms in total. The van der Waals surface area contributed by atoms with Gasteiger partial charge in [-0.25, -0.2) is 13.1 Å². The van der Waals surface area contributed by atoms with Gasteiger partial charge in [0.15, 0.2) is 0 Å². The van der Waals surface area contributed by atoms with Crippen LogP contribution in [0.25, 0.3) is 0 Å². The number of hydrogen-bond acceptors (Lipinski definition) is 6. The summed E-state index contributed by atoms with van der Waals surface area (Å²) >= 11 is 2.91. The maximum Gasteiger partial charge on any atom is 0.212 e. The summed E-state index contributed by atoms with van der Waals surface area (Å²) in [4.78, 5) is 0.944. The van der Waals surface area contributed by atoms with E-state index in [9.17, 15) is 13.5 Å². The molecule has 0 aliphatic carbocycles. The monoisotopic (exact) mass is 350 g/mol. The standard InChI is InChI=1S/C13H22N2O3S3/c1-13(16,10-19-2)9-15-21(17,18)7-6-20-12-5-3-4-11(14)8-12/h3-5,8,15-16H,6-7,9-10,14H2,1-2H3. The molecule has 0 aliphatic rings. The fraction of sp³-hybridized carbons (Fsp3) is 0.538. The molecule has 1 aromatic carbocycles. The van der Waals surface area contributed by atoms with Crippen molar-refractivity contribution in [2.75, 3.05) is 35.8 Å². The van der Waals surface area contributed by atoms with Crippen LogP contribution in [0, 0.1) is 0 Å². The van der Waals surface area contributed by atoms with Gasteiger partial charge in [-0.15, -0.1) is 11.8 Å². The van der Waals surface area contributed by atoms with Crippen molar-refractivity contribution in [3.63, 3.8) is 0 Å². The van der Waals surface area contributed by atoms with Crippen molar-refractivity contribution in [1.29, 1.82) is 0 Å². The number of sulfonamides is 1. The average molecular weight is 351 g/mol. The first kappa shape index (κ1) is 18.6. The number of hydrogen-bond donors (Lipinski definition) is 3. The molecule has 4 N–H and O–H groups in total. The van der Waals surface area contributed by atoms with Gasteiger partial charge in [0.25, 0.3) is 0 Å². The second-order valence-corrected chi connectivity index (χ2v) is 8.95. The highest BCUT2D eigenvalue weighted by atomic mass is 32.2. The predicted molar refractivity (Wildman–Crippen MR) is 92.4 cm³/mol. The van der Waals surface area contributed by atoms with E-state index >= 15 is 0 Å². The Hall–Kier alpha value is -0.410. The second kappa shape index (κ2) is 8.28. The molecule has 1 atom stereocenters. The molecule has 0 aliphatic heterocycles. The predicted octanol–water partition coefficient (Wildman–Crippen LogP) is 1.39. The molecule has 0 saturated carbocycles. The number of benzene rings is 1. The lowest BCUT2D eigenvalue weighted by Crippen LogP contribution is -2.43. The number of anilines is 1. The lowest BCUT2D eigenvalue weighted by Gasteiger charge is -2.22. The lowest BCUT2D eigenvalue weighted by molar-refractivity contribution is 0.0909. The quantitative estimate of drug-likeness (QED) is 0.460. The third-order valence-corrected chi connectivity index (χ3v) is 6.10. The molecule has 0 fully saturated rings. The molecule has 0 bridgehead atoms. The summed E-state index contributed by atoms with van der Waals surface area (Å²) in [6.07, 6.45) is 1.87. The van der Waals surface area contributed by atoms with Gasteiger partial charge in [-0.3, -0.25) is 0 Å². The van der Waals surface area contributed by atoms with Crippen LogP contribution in [0.4, 0.5) is 5.69 Å². The second-order valence-electron chi connectivity index (χ2n) is 4.99. The first-order chi connectivity index (χ1) is 9.74. The molecular formula is C13H22N2O3S3. The van der Waals surface area contributed by atoms with Crippen molar-refractivity contribution in [2.24, 2.45) is 0 Å². The van der Waals surface area contributed by atoms with E-state index in [2.05, 4.69) is 4.72 Å². The van der Waals surface area contributed by atoms with E-state index in [0.29, 0.717) is 17.2 Å². The van der Waals surface area contributed by atoms with Crippen LogP contribution < -0.4 is 10.5 Å². The van der Waals surface area contributed by atoms with Gasteiger partial charge in [-0.05, 0) is 31.4 Å². The maximum atomic E-state index is 11.9. The summed E-state index contributed by atoms with van der Waals surface area (Å²) in [5.41, 5.74) is 5.29. The smallest absolute Gasteiger partial charge is 0.212 e. The van der Waals surface area contributed by atoms with E-state index in [1.807, 2.05) is 24.5 Å². The van der Waals surface area contributed by atoms with Crippen LogP contribution in [-0.4, -0.2) is 49.2 Å². The first-order valence-electron chi connectivity index (χ1n) is 6.41. The van der Waals surface area contributed by atoms with Crippen LogP contribution in [0.1, 0.15) is 6.92 Å². The maximum absolute atomic E-state index is 11.9. The van der Waals surface area contributed by atoms with Crippen LogP contribution in [0.15, 0.2) is 29.2 Å². The number of aliphatic hydroxyl groups is 1. The third kappa shape index (κ3) is 7.96. The van der Waals surface area contributed by atoms with Crippen molar-refractivity contribution in [3.05, 3.63) is 24.3 Å². The number of thioether (sulfide) groups is 2. The molecule has 0 amide bonds. The van der Waals surface area contributed by atoms with Crippen LogP contribution in [0.3, 0.4) is 0 Å². The first-order valence-corrected chi connectivity index (χ1v) is 10.4. The highest BCUT2D eigenvalue weighted by molar-refractivity contribution is 8.00. The highest BCUT2D eigenvalue weighted by Crippen LogP contribution is 2.20. The molecule has 8 heteroatoms.